The van der Waals surface area contributed by atoms with Gasteiger partial charge in [0.2, 0.25) is 0 Å². The van der Waals surface area contributed by atoms with Gasteiger partial charge in [0.15, 0.2) is 0 Å². The van der Waals surface area contributed by atoms with Crippen molar-refractivity contribution >= 4 is 31.9 Å². The number of benzene rings is 2. The Morgan fingerprint density at radius 3 is 2.22 bits per heavy atom. The van der Waals surface area contributed by atoms with Crippen LogP contribution in [0.3, 0.4) is 0 Å². The Balaban J connectivity index is 2.44. The van der Waals surface area contributed by atoms with Crippen molar-refractivity contribution in [2.75, 3.05) is 0 Å². The monoisotopic (exact) mass is 368 g/mol. The number of aryl methyl sites for hydroxylation is 2. The van der Waals surface area contributed by atoms with Crippen LogP contribution >= 0.6 is 31.9 Å². The summed E-state index contributed by atoms with van der Waals surface area (Å²) in [6.45, 7) is 4.08. The molecule has 0 saturated carbocycles. The molecular formula is C15H14Br2O. The van der Waals surface area contributed by atoms with Crippen LogP contribution in [0.25, 0.3) is 0 Å². The van der Waals surface area contributed by atoms with Crippen LogP contribution in [-0.2, 0) is 0 Å². The SMILES string of the molecule is Cc1ccc(C(O)c2ccc(Br)cc2Br)c(C)c1. The minimum Gasteiger partial charge on any atom is -0.384 e. The first-order chi connectivity index (χ1) is 8.49. The van der Waals surface area contributed by atoms with Gasteiger partial charge in [-0.1, -0.05) is 61.7 Å². The van der Waals surface area contributed by atoms with Gasteiger partial charge in [0.05, 0.1) is 0 Å². The van der Waals surface area contributed by atoms with Gasteiger partial charge in [-0.25, -0.2) is 0 Å². The van der Waals surface area contributed by atoms with E-state index in [-0.39, 0.29) is 0 Å². The van der Waals surface area contributed by atoms with Crippen LogP contribution in [0, 0.1) is 13.8 Å². The predicted octanol–water partition coefficient (Wildman–Crippen LogP) is 4.91. The fourth-order valence-corrected chi connectivity index (χ4v) is 3.29. The highest BCUT2D eigenvalue weighted by Gasteiger charge is 2.15. The third-order valence-electron chi connectivity index (χ3n) is 2.98. The fraction of sp³-hybridized carbons (Fsp3) is 0.200. The lowest BCUT2D eigenvalue weighted by Crippen LogP contribution is -2.03. The summed E-state index contributed by atoms with van der Waals surface area (Å²) in [6.07, 6.45) is -0.604. The molecule has 2 rings (SSSR count). The summed E-state index contributed by atoms with van der Waals surface area (Å²) in [7, 11) is 0. The number of hydrogen-bond donors (Lipinski definition) is 1. The highest BCUT2D eigenvalue weighted by Crippen LogP contribution is 2.32. The molecule has 0 aliphatic rings. The maximum absolute atomic E-state index is 10.5. The lowest BCUT2D eigenvalue weighted by molar-refractivity contribution is 0.218. The molecule has 2 aromatic rings. The number of hydrogen-bond acceptors (Lipinski definition) is 1. The quantitative estimate of drug-likeness (QED) is 0.797. The second kappa shape index (κ2) is 5.55. The Kier molecular flexibility index (Phi) is 4.25. The van der Waals surface area contributed by atoms with Crippen LogP contribution in [0.4, 0.5) is 0 Å². The molecule has 0 amide bonds. The summed E-state index contributed by atoms with van der Waals surface area (Å²) in [4.78, 5) is 0. The van der Waals surface area contributed by atoms with E-state index >= 15 is 0 Å². The van der Waals surface area contributed by atoms with Crippen molar-refractivity contribution in [3.05, 3.63) is 67.6 Å². The topological polar surface area (TPSA) is 20.2 Å². The summed E-state index contributed by atoms with van der Waals surface area (Å²) < 4.78 is 1.90. The third-order valence-corrected chi connectivity index (χ3v) is 4.16. The maximum Gasteiger partial charge on any atom is 0.105 e. The summed E-state index contributed by atoms with van der Waals surface area (Å²) >= 11 is 6.91. The van der Waals surface area contributed by atoms with E-state index in [0.717, 1.165) is 25.6 Å². The van der Waals surface area contributed by atoms with E-state index in [1.54, 1.807) is 0 Å². The largest absolute Gasteiger partial charge is 0.384 e. The summed E-state index contributed by atoms with van der Waals surface area (Å²) in [5, 5.41) is 10.5. The fourth-order valence-electron chi connectivity index (χ4n) is 2.02. The van der Waals surface area contributed by atoms with Gasteiger partial charge in [0.1, 0.15) is 6.10 Å². The maximum atomic E-state index is 10.5. The van der Waals surface area contributed by atoms with Gasteiger partial charge >= 0.3 is 0 Å². The van der Waals surface area contributed by atoms with E-state index < -0.39 is 6.10 Å². The second-order valence-corrected chi connectivity index (χ2v) is 6.20. The van der Waals surface area contributed by atoms with Crippen LogP contribution in [-0.4, -0.2) is 5.11 Å². The van der Waals surface area contributed by atoms with Gasteiger partial charge in [-0.15, -0.1) is 0 Å². The molecule has 0 bridgehead atoms. The van der Waals surface area contributed by atoms with Gasteiger partial charge in [-0.3, -0.25) is 0 Å². The Morgan fingerprint density at radius 1 is 0.944 bits per heavy atom. The molecule has 2 aromatic carbocycles. The average molecular weight is 370 g/mol. The Bertz CT molecular complexity index is 527. The van der Waals surface area contributed by atoms with Crippen LogP contribution in [0.15, 0.2) is 45.3 Å². The van der Waals surface area contributed by atoms with Gasteiger partial charge in [-0.2, -0.15) is 0 Å². The Morgan fingerprint density at radius 2 is 1.61 bits per heavy atom. The number of aliphatic hydroxyl groups is 1. The number of aliphatic hydroxyl groups excluding tert-OH is 1. The number of halogens is 2. The molecule has 0 aliphatic carbocycles. The smallest absolute Gasteiger partial charge is 0.105 e. The number of rotatable bonds is 2. The molecule has 0 fully saturated rings. The first-order valence-corrected chi connectivity index (χ1v) is 7.28. The van der Waals surface area contributed by atoms with Crippen LogP contribution < -0.4 is 0 Å². The minimum absolute atomic E-state index is 0.604. The molecule has 1 N–H and O–H groups in total. The van der Waals surface area contributed by atoms with Crippen LogP contribution in [0.5, 0.6) is 0 Å². The molecule has 0 radical (unpaired) electrons. The average Bonchev–Trinajstić information content (AvgIpc) is 2.28. The normalized spacial score (nSPS) is 12.5. The first-order valence-electron chi connectivity index (χ1n) is 5.69. The summed E-state index contributed by atoms with van der Waals surface area (Å²) in [6, 6.07) is 11.9. The standard InChI is InChI=1S/C15H14Br2O/c1-9-3-5-12(10(2)7-9)15(18)13-6-4-11(16)8-14(13)17/h3-8,15,18H,1-2H3. The Labute approximate surface area is 124 Å². The van der Waals surface area contributed by atoms with Crippen molar-refractivity contribution in [3.63, 3.8) is 0 Å². The van der Waals surface area contributed by atoms with E-state index in [0.29, 0.717) is 0 Å². The van der Waals surface area contributed by atoms with Crippen molar-refractivity contribution < 1.29 is 5.11 Å². The van der Waals surface area contributed by atoms with E-state index in [9.17, 15) is 5.11 Å². The van der Waals surface area contributed by atoms with Gasteiger partial charge in [0, 0.05) is 8.95 Å². The second-order valence-electron chi connectivity index (χ2n) is 4.43. The molecule has 0 heterocycles. The zero-order valence-corrected chi connectivity index (χ0v) is 13.4. The molecule has 18 heavy (non-hydrogen) atoms. The van der Waals surface area contributed by atoms with Crippen molar-refractivity contribution in [2.45, 2.75) is 20.0 Å². The highest BCUT2D eigenvalue weighted by atomic mass is 79.9. The van der Waals surface area contributed by atoms with Crippen molar-refractivity contribution in [3.8, 4) is 0 Å². The lowest BCUT2D eigenvalue weighted by Gasteiger charge is -2.16. The predicted molar refractivity (Wildman–Crippen MR) is 81.8 cm³/mol. The zero-order chi connectivity index (χ0) is 13.3. The van der Waals surface area contributed by atoms with Crippen molar-refractivity contribution in [1.29, 1.82) is 0 Å². The molecule has 0 aromatic heterocycles. The first kappa shape index (κ1) is 13.8. The molecule has 0 saturated heterocycles. The van der Waals surface area contributed by atoms with E-state index in [4.69, 9.17) is 0 Å². The zero-order valence-electron chi connectivity index (χ0n) is 10.2. The van der Waals surface area contributed by atoms with Gasteiger partial charge in [0.25, 0.3) is 0 Å². The summed E-state index contributed by atoms with van der Waals surface area (Å²) in [5.41, 5.74) is 4.14. The molecule has 0 spiro atoms. The van der Waals surface area contributed by atoms with Crippen molar-refractivity contribution in [1.82, 2.24) is 0 Å². The van der Waals surface area contributed by atoms with E-state index in [1.807, 2.05) is 37.3 Å². The minimum atomic E-state index is -0.604. The molecule has 3 heteroatoms. The molecule has 0 aliphatic heterocycles. The van der Waals surface area contributed by atoms with Gasteiger partial charge < -0.3 is 5.11 Å². The molecule has 1 nitrogen and oxygen atoms in total. The van der Waals surface area contributed by atoms with E-state index in [1.165, 1.54) is 5.56 Å². The van der Waals surface area contributed by atoms with Crippen LogP contribution in [0.1, 0.15) is 28.4 Å². The third kappa shape index (κ3) is 2.85. The molecule has 1 atom stereocenters. The van der Waals surface area contributed by atoms with Crippen molar-refractivity contribution in [2.24, 2.45) is 0 Å². The molecule has 94 valence electrons. The van der Waals surface area contributed by atoms with Crippen LogP contribution in [0.2, 0.25) is 0 Å². The lowest BCUT2D eigenvalue weighted by atomic mass is 9.96. The highest BCUT2D eigenvalue weighted by molar-refractivity contribution is 9.11. The molecule has 1 unspecified atom stereocenters. The summed E-state index contributed by atoms with van der Waals surface area (Å²) in [5.74, 6) is 0. The Hall–Kier alpha value is -0.640. The van der Waals surface area contributed by atoms with E-state index in [2.05, 4.69) is 44.8 Å². The molecular weight excluding hydrogens is 356 g/mol. The van der Waals surface area contributed by atoms with Gasteiger partial charge in [-0.05, 0) is 42.7 Å².